The van der Waals surface area contributed by atoms with Crippen LogP contribution in [0.3, 0.4) is 0 Å². The number of nitrogens with one attached hydrogen (secondary N) is 2. The Hall–Kier alpha value is -1.97. The molecule has 4 nitrogen and oxygen atoms in total. The predicted octanol–water partition coefficient (Wildman–Crippen LogP) is 5.24. The Bertz CT molecular complexity index is 630. The van der Waals surface area contributed by atoms with Gasteiger partial charge in [0.2, 0.25) is 5.91 Å². The van der Waals surface area contributed by atoms with Crippen molar-refractivity contribution in [3.8, 4) is 5.75 Å². The number of ether oxygens (including phenoxy) is 1. The number of methoxy groups -OCH3 is 1. The van der Waals surface area contributed by atoms with Crippen LogP contribution in [0.15, 0.2) is 18.2 Å². The molecule has 1 aromatic heterocycles. The third-order valence-electron chi connectivity index (χ3n) is 3.60. The number of benzene rings is 1. The quantitative estimate of drug-likeness (QED) is 0.793. The Labute approximate surface area is 153 Å². The lowest BCUT2D eigenvalue weighted by molar-refractivity contribution is -0.121. The molecule has 0 aliphatic rings. The van der Waals surface area contributed by atoms with Gasteiger partial charge in [0.05, 0.1) is 12.6 Å². The van der Waals surface area contributed by atoms with Gasteiger partial charge in [0, 0.05) is 24.5 Å². The van der Waals surface area contributed by atoms with Crippen LogP contribution in [-0.2, 0) is 11.2 Å². The van der Waals surface area contributed by atoms with Crippen LogP contribution >= 0.6 is 0 Å². The first-order valence-electron chi connectivity index (χ1n) is 9.20. The second-order valence-electron chi connectivity index (χ2n) is 6.44. The molecule has 1 heterocycles. The lowest BCUT2D eigenvalue weighted by Crippen LogP contribution is -2.19. The Morgan fingerprint density at radius 3 is 2.24 bits per heavy atom. The molecule has 4 heteroatoms. The number of aromatic amines is 1. The summed E-state index contributed by atoms with van der Waals surface area (Å²) in [6, 6.07) is 6.14. The monoisotopic (exact) mass is 348 g/mol. The Morgan fingerprint density at radius 2 is 1.84 bits per heavy atom. The van der Waals surface area contributed by atoms with Crippen LogP contribution in [0.4, 0.5) is 0 Å². The molecule has 0 atom stereocenters. The Balaban J connectivity index is 0.000000448. The first kappa shape index (κ1) is 23.0. The van der Waals surface area contributed by atoms with Gasteiger partial charge in [-0.05, 0) is 30.9 Å². The van der Waals surface area contributed by atoms with E-state index >= 15 is 0 Å². The van der Waals surface area contributed by atoms with E-state index in [1.54, 1.807) is 14.2 Å². The Kier molecular flexibility index (Phi) is 11.4. The molecule has 2 N–H and O–H groups in total. The number of carbonyl (C=O) groups excluding carboxylic acids is 1. The van der Waals surface area contributed by atoms with Crippen molar-refractivity contribution in [3.05, 3.63) is 29.5 Å². The number of para-hydroxylation sites is 1. The van der Waals surface area contributed by atoms with Crippen LogP contribution in [0, 0.1) is 12.8 Å². The first-order valence-corrected chi connectivity index (χ1v) is 9.20. The normalized spacial score (nSPS) is 9.80. The van der Waals surface area contributed by atoms with Crippen LogP contribution in [0.25, 0.3) is 10.9 Å². The zero-order chi connectivity index (χ0) is 19.4. The zero-order valence-electron chi connectivity index (χ0n) is 17.2. The third kappa shape index (κ3) is 7.63. The van der Waals surface area contributed by atoms with E-state index in [9.17, 15) is 4.79 Å². The number of amides is 1. The Morgan fingerprint density at radius 1 is 1.24 bits per heavy atom. The lowest BCUT2D eigenvalue weighted by Gasteiger charge is -2.00. The lowest BCUT2D eigenvalue weighted by atomic mass is 10.1. The van der Waals surface area contributed by atoms with E-state index in [-0.39, 0.29) is 5.91 Å². The fourth-order valence-corrected chi connectivity index (χ4v) is 2.38. The van der Waals surface area contributed by atoms with Crippen molar-refractivity contribution in [2.45, 2.75) is 60.8 Å². The average molecular weight is 349 g/mol. The minimum absolute atomic E-state index is 0.125. The summed E-state index contributed by atoms with van der Waals surface area (Å²) in [5, 5.41) is 3.82. The molecule has 0 saturated heterocycles. The van der Waals surface area contributed by atoms with E-state index in [2.05, 4.69) is 44.1 Å². The summed E-state index contributed by atoms with van der Waals surface area (Å²) < 4.78 is 5.31. The summed E-state index contributed by atoms with van der Waals surface area (Å²) >= 11 is 0. The molecular weight excluding hydrogens is 312 g/mol. The molecule has 2 rings (SSSR count). The summed E-state index contributed by atoms with van der Waals surface area (Å²) in [4.78, 5) is 13.9. The summed E-state index contributed by atoms with van der Waals surface area (Å²) in [5.74, 6) is 1.51. The predicted molar refractivity (Wildman–Crippen MR) is 108 cm³/mol. The molecule has 0 fully saturated rings. The summed E-state index contributed by atoms with van der Waals surface area (Å²) in [6.07, 6.45) is 2.92. The SMILES string of the molecule is CCC.CCc1[nH]c2c(OC)cccc2c1C.CNC(=O)CC(C)C. The molecule has 0 spiro atoms. The first-order chi connectivity index (χ1) is 11.9. The van der Waals surface area contributed by atoms with Crippen molar-refractivity contribution in [2.75, 3.05) is 14.2 Å². The maximum atomic E-state index is 10.5. The maximum absolute atomic E-state index is 10.5. The number of aryl methyl sites for hydroxylation is 2. The van der Waals surface area contributed by atoms with Gasteiger partial charge in [-0.2, -0.15) is 0 Å². The maximum Gasteiger partial charge on any atom is 0.219 e. The highest BCUT2D eigenvalue weighted by atomic mass is 16.5. The van der Waals surface area contributed by atoms with Gasteiger partial charge in [0.1, 0.15) is 5.75 Å². The molecule has 0 aliphatic carbocycles. The van der Waals surface area contributed by atoms with Crippen molar-refractivity contribution in [1.82, 2.24) is 10.3 Å². The smallest absolute Gasteiger partial charge is 0.219 e. The fourth-order valence-electron chi connectivity index (χ4n) is 2.38. The third-order valence-corrected chi connectivity index (χ3v) is 3.60. The molecule has 2 aromatic rings. The van der Waals surface area contributed by atoms with Crippen LogP contribution in [0.5, 0.6) is 5.75 Å². The molecule has 0 unspecified atom stereocenters. The standard InChI is InChI=1S/C12H15NO.C6H13NO.C3H8/c1-4-10-8(2)9-6-5-7-11(14-3)12(9)13-10;1-5(2)4-6(8)7-3;1-3-2/h5-7,13H,4H2,1-3H3;5H,4H2,1-3H3,(H,7,8);3H2,1-2H3. The molecule has 142 valence electrons. The van der Waals surface area contributed by atoms with Gasteiger partial charge in [0.25, 0.3) is 0 Å². The van der Waals surface area contributed by atoms with Gasteiger partial charge in [-0.1, -0.05) is 53.2 Å². The van der Waals surface area contributed by atoms with Crippen molar-refractivity contribution in [1.29, 1.82) is 0 Å². The number of hydrogen-bond acceptors (Lipinski definition) is 2. The van der Waals surface area contributed by atoms with Gasteiger partial charge in [-0.3, -0.25) is 4.79 Å². The van der Waals surface area contributed by atoms with E-state index in [0.29, 0.717) is 12.3 Å². The molecule has 0 aliphatic heterocycles. The van der Waals surface area contributed by atoms with Crippen molar-refractivity contribution in [3.63, 3.8) is 0 Å². The fraction of sp³-hybridized carbons (Fsp3) is 0.571. The average Bonchev–Trinajstić information content (AvgIpc) is 2.92. The van der Waals surface area contributed by atoms with Gasteiger partial charge >= 0.3 is 0 Å². The molecule has 0 bridgehead atoms. The van der Waals surface area contributed by atoms with Crippen LogP contribution in [0.1, 0.15) is 58.7 Å². The number of H-pyrrole nitrogens is 1. The summed E-state index contributed by atoms with van der Waals surface area (Å²) in [5.41, 5.74) is 3.75. The summed E-state index contributed by atoms with van der Waals surface area (Å²) in [6.45, 7) is 12.6. The minimum Gasteiger partial charge on any atom is -0.495 e. The minimum atomic E-state index is 0.125. The van der Waals surface area contributed by atoms with E-state index in [4.69, 9.17) is 4.74 Å². The van der Waals surface area contributed by atoms with Crippen molar-refractivity contribution >= 4 is 16.8 Å². The van der Waals surface area contributed by atoms with Crippen LogP contribution < -0.4 is 10.1 Å². The molecule has 1 amide bonds. The molecule has 25 heavy (non-hydrogen) atoms. The van der Waals surface area contributed by atoms with Gasteiger partial charge < -0.3 is 15.0 Å². The van der Waals surface area contributed by atoms with Crippen LogP contribution in [-0.4, -0.2) is 25.0 Å². The van der Waals surface area contributed by atoms with E-state index in [0.717, 1.165) is 17.7 Å². The van der Waals surface area contributed by atoms with Crippen molar-refractivity contribution < 1.29 is 9.53 Å². The van der Waals surface area contributed by atoms with Crippen LogP contribution in [0.2, 0.25) is 0 Å². The second kappa shape index (κ2) is 12.4. The topological polar surface area (TPSA) is 54.1 Å². The number of carbonyl (C=O) groups is 1. The van der Waals surface area contributed by atoms with Crippen molar-refractivity contribution in [2.24, 2.45) is 5.92 Å². The van der Waals surface area contributed by atoms with Gasteiger partial charge in [-0.25, -0.2) is 0 Å². The van der Waals surface area contributed by atoms with Gasteiger partial charge in [-0.15, -0.1) is 0 Å². The zero-order valence-corrected chi connectivity index (χ0v) is 17.2. The largest absolute Gasteiger partial charge is 0.495 e. The highest BCUT2D eigenvalue weighted by Crippen LogP contribution is 2.29. The molecule has 0 radical (unpaired) electrons. The number of hydrogen-bond donors (Lipinski definition) is 2. The molecular formula is C21H36N2O2. The molecule has 0 saturated carbocycles. The number of fused-ring (bicyclic) bond motifs is 1. The highest BCUT2D eigenvalue weighted by molar-refractivity contribution is 5.89. The summed E-state index contributed by atoms with van der Waals surface area (Å²) in [7, 11) is 3.36. The number of rotatable bonds is 4. The van der Waals surface area contributed by atoms with E-state index in [1.165, 1.54) is 23.1 Å². The highest BCUT2D eigenvalue weighted by Gasteiger charge is 2.08. The number of aromatic nitrogens is 1. The second-order valence-corrected chi connectivity index (χ2v) is 6.44. The van der Waals surface area contributed by atoms with Gasteiger partial charge in [0.15, 0.2) is 0 Å². The van der Waals surface area contributed by atoms with E-state index < -0.39 is 0 Å². The van der Waals surface area contributed by atoms with E-state index in [1.807, 2.05) is 26.0 Å². The molecule has 1 aromatic carbocycles.